The van der Waals surface area contributed by atoms with Gasteiger partial charge in [0, 0.05) is 32.5 Å². The summed E-state index contributed by atoms with van der Waals surface area (Å²) >= 11 is 0. The van der Waals surface area contributed by atoms with Gasteiger partial charge in [0.25, 0.3) is 0 Å². The van der Waals surface area contributed by atoms with Gasteiger partial charge in [-0.2, -0.15) is 0 Å². The number of nitrogens with zero attached hydrogens (tertiary/aromatic N) is 1. The Morgan fingerprint density at radius 2 is 1.00 bits per heavy atom. The van der Waals surface area contributed by atoms with Crippen LogP contribution in [-0.4, -0.2) is 60.9 Å². The predicted octanol–water partition coefficient (Wildman–Crippen LogP) is 12.5. The molecule has 0 bridgehead atoms. The SMILES string of the molecule is CCCCCCCCCOC(=O)CCCCCC1CC(CCCCCC(=O)OC(CCCCCCCC)CCCCCCCC)CN(CCO)C1. The summed E-state index contributed by atoms with van der Waals surface area (Å²) in [5.41, 5.74) is 0. The van der Waals surface area contributed by atoms with Crippen LogP contribution in [0.4, 0.5) is 0 Å². The molecule has 0 spiro atoms. The maximum atomic E-state index is 12.8. The van der Waals surface area contributed by atoms with Gasteiger partial charge in [-0.3, -0.25) is 9.59 Å². The zero-order valence-electron chi connectivity index (χ0n) is 34.4. The summed E-state index contributed by atoms with van der Waals surface area (Å²) in [6.07, 6.45) is 37.4. The maximum Gasteiger partial charge on any atom is 0.306 e. The van der Waals surface area contributed by atoms with Crippen LogP contribution >= 0.6 is 0 Å². The molecule has 1 aliphatic heterocycles. The molecule has 2 unspecified atom stereocenters. The Bertz CT molecular complexity index is 760. The summed E-state index contributed by atoms with van der Waals surface area (Å²) in [5, 5.41) is 9.64. The summed E-state index contributed by atoms with van der Waals surface area (Å²) in [4.78, 5) is 27.4. The molecule has 1 rings (SSSR count). The van der Waals surface area contributed by atoms with Crippen molar-refractivity contribution in [3.63, 3.8) is 0 Å². The highest BCUT2D eigenvalue weighted by atomic mass is 16.5. The number of hydrogen-bond donors (Lipinski definition) is 1. The zero-order chi connectivity index (χ0) is 37.0. The monoisotopic (exact) mass is 722 g/mol. The molecule has 6 nitrogen and oxygen atoms in total. The van der Waals surface area contributed by atoms with Crippen LogP contribution in [0.25, 0.3) is 0 Å². The molecule has 0 aliphatic carbocycles. The number of aliphatic hydroxyl groups excluding tert-OH is 1. The Kier molecular flexibility index (Phi) is 33.7. The quantitative estimate of drug-likeness (QED) is 0.0508. The second kappa shape index (κ2) is 35.9. The average Bonchev–Trinajstić information content (AvgIpc) is 3.12. The van der Waals surface area contributed by atoms with E-state index in [1.54, 1.807) is 0 Å². The lowest BCUT2D eigenvalue weighted by Gasteiger charge is -2.38. The van der Waals surface area contributed by atoms with Crippen LogP contribution < -0.4 is 0 Å². The lowest BCUT2D eigenvalue weighted by atomic mass is 9.83. The van der Waals surface area contributed by atoms with Gasteiger partial charge in [0.2, 0.25) is 0 Å². The van der Waals surface area contributed by atoms with E-state index in [1.165, 1.54) is 135 Å². The third kappa shape index (κ3) is 29.9. The number of β-amino-alcohol motifs (C(OH)–C–C–N with tert-alkyl or cyclic N) is 1. The molecule has 1 aliphatic rings. The first-order valence-corrected chi connectivity index (χ1v) is 22.7. The van der Waals surface area contributed by atoms with E-state index in [9.17, 15) is 14.7 Å². The molecule has 0 radical (unpaired) electrons. The van der Waals surface area contributed by atoms with Crippen molar-refractivity contribution in [3.05, 3.63) is 0 Å². The van der Waals surface area contributed by atoms with Crippen molar-refractivity contribution in [1.29, 1.82) is 0 Å². The van der Waals surface area contributed by atoms with E-state index in [2.05, 4.69) is 25.7 Å². The largest absolute Gasteiger partial charge is 0.466 e. The van der Waals surface area contributed by atoms with Crippen molar-refractivity contribution in [3.8, 4) is 0 Å². The number of ether oxygens (including phenoxy) is 2. The van der Waals surface area contributed by atoms with Crippen LogP contribution in [0.5, 0.6) is 0 Å². The summed E-state index contributed by atoms with van der Waals surface area (Å²) in [6, 6.07) is 0. The highest BCUT2D eigenvalue weighted by Gasteiger charge is 2.26. The summed E-state index contributed by atoms with van der Waals surface area (Å²) in [7, 11) is 0. The van der Waals surface area contributed by atoms with Crippen LogP contribution in [0.3, 0.4) is 0 Å². The molecule has 1 heterocycles. The van der Waals surface area contributed by atoms with Gasteiger partial charge in [0.05, 0.1) is 13.2 Å². The third-order valence-corrected chi connectivity index (χ3v) is 11.2. The van der Waals surface area contributed by atoms with Gasteiger partial charge in [-0.05, 0) is 76.0 Å². The van der Waals surface area contributed by atoms with Crippen molar-refractivity contribution < 1.29 is 24.2 Å². The van der Waals surface area contributed by atoms with Crippen molar-refractivity contribution in [2.75, 3.05) is 32.8 Å². The van der Waals surface area contributed by atoms with Crippen molar-refractivity contribution in [1.82, 2.24) is 4.90 Å². The van der Waals surface area contributed by atoms with E-state index < -0.39 is 0 Å². The van der Waals surface area contributed by atoms with Crippen molar-refractivity contribution >= 4 is 11.9 Å². The van der Waals surface area contributed by atoms with E-state index in [-0.39, 0.29) is 24.6 Å². The molecule has 1 fully saturated rings. The lowest BCUT2D eigenvalue weighted by Crippen LogP contribution is -2.41. The average molecular weight is 722 g/mol. The third-order valence-electron chi connectivity index (χ3n) is 11.2. The van der Waals surface area contributed by atoms with E-state index in [4.69, 9.17) is 9.47 Å². The number of carbonyl (C=O) groups excluding carboxylic acids is 2. The minimum Gasteiger partial charge on any atom is -0.466 e. The van der Waals surface area contributed by atoms with Crippen molar-refractivity contribution in [2.45, 2.75) is 232 Å². The van der Waals surface area contributed by atoms with Crippen LogP contribution in [0.15, 0.2) is 0 Å². The van der Waals surface area contributed by atoms with Gasteiger partial charge in [0.15, 0.2) is 0 Å². The molecule has 0 saturated carbocycles. The molecular weight excluding hydrogens is 634 g/mol. The molecule has 1 saturated heterocycles. The second-order valence-electron chi connectivity index (χ2n) is 16.2. The summed E-state index contributed by atoms with van der Waals surface area (Å²) in [5.74, 6) is 1.33. The molecule has 6 heteroatoms. The minimum absolute atomic E-state index is 0.0187. The molecule has 0 aromatic rings. The van der Waals surface area contributed by atoms with Gasteiger partial charge < -0.3 is 19.5 Å². The van der Waals surface area contributed by atoms with Gasteiger partial charge in [-0.1, -0.05) is 149 Å². The van der Waals surface area contributed by atoms with Gasteiger partial charge in [-0.15, -0.1) is 0 Å². The number of esters is 2. The Morgan fingerprint density at radius 1 is 0.569 bits per heavy atom. The number of aliphatic hydroxyl groups is 1. The Morgan fingerprint density at radius 3 is 1.49 bits per heavy atom. The van der Waals surface area contributed by atoms with Crippen LogP contribution in [0.1, 0.15) is 226 Å². The Hall–Kier alpha value is -1.14. The highest BCUT2D eigenvalue weighted by Crippen LogP contribution is 2.30. The fourth-order valence-electron chi connectivity index (χ4n) is 8.05. The van der Waals surface area contributed by atoms with E-state index in [0.29, 0.717) is 31.3 Å². The Labute approximate surface area is 317 Å². The second-order valence-corrected chi connectivity index (χ2v) is 16.2. The van der Waals surface area contributed by atoms with Gasteiger partial charge in [0.1, 0.15) is 6.10 Å². The van der Waals surface area contributed by atoms with E-state index in [0.717, 1.165) is 77.4 Å². The van der Waals surface area contributed by atoms with Gasteiger partial charge >= 0.3 is 11.9 Å². The molecule has 1 N–H and O–H groups in total. The number of unbranched alkanes of at least 4 members (excludes halogenated alkanes) is 20. The predicted molar refractivity (Wildman–Crippen MR) is 216 cm³/mol. The number of hydrogen-bond acceptors (Lipinski definition) is 6. The van der Waals surface area contributed by atoms with Crippen LogP contribution in [-0.2, 0) is 19.1 Å². The highest BCUT2D eigenvalue weighted by molar-refractivity contribution is 5.69. The summed E-state index contributed by atoms with van der Waals surface area (Å²) in [6.45, 7) is 10.5. The first kappa shape index (κ1) is 47.9. The first-order valence-electron chi connectivity index (χ1n) is 22.7. The first-order chi connectivity index (χ1) is 25.0. The molecule has 302 valence electrons. The minimum atomic E-state index is -0.0257. The van der Waals surface area contributed by atoms with Crippen molar-refractivity contribution in [2.24, 2.45) is 11.8 Å². The number of rotatable bonds is 37. The summed E-state index contributed by atoms with van der Waals surface area (Å²) < 4.78 is 11.5. The molecule has 0 aromatic heterocycles. The number of piperidine rings is 1. The van der Waals surface area contributed by atoms with E-state index >= 15 is 0 Å². The maximum absolute atomic E-state index is 12.8. The van der Waals surface area contributed by atoms with Crippen LogP contribution in [0, 0.1) is 11.8 Å². The molecule has 0 amide bonds. The number of likely N-dealkylation sites (tertiary alicyclic amines) is 1. The van der Waals surface area contributed by atoms with Gasteiger partial charge in [-0.25, -0.2) is 0 Å². The van der Waals surface area contributed by atoms with Crippen LogP contribution in [0.2, 0.25) is 0 Å². The van der Waals surface area contributed by atoms with E-state index in [1.807, 2.05) is 0 Å². The smallest absolute Gasteiger partial charge is 0.306 e. The molecule has 2 atom stereocenters. The molecule has 51 heavy (non-hydrogen) atoms. The fraction of sp³-hybridized carbons (Fsp3) is 0.956. The Balaban J connectivity index is 2.27. The standard InChI is InChI=1S/C45H87NO5/c1-4-7-10-13-16-19-28-37-50-44(48)33-26-20-22-29-41-38-42(40-46(39-41)35-36-47)30-23-21-27-34-45(49)51-43(31-24-17-14-11-8-5-2)32-25-18-15-12-9-6-3/h41-43,47H,4-40H2,1-3H3. The number of carbonyl (C=O) groups is 2. The fourth-order valence-corrected chi connectivity index (χ4v) is 8.05. The molecular formula is C45H87NO5. The topological polar surface area (TPSA) is 76.1 Å². The lowest BCUT2D eigenvalue weighted by molar-refractivity contribution is -0.150. The zero-order valence-corrected chi connectivity index (χ0v) is 34.4. The molecule has 0 aromatic carbocycles. The normalized spacial score (nSPS) is 16.6.